The first-order valence-corrected chi connectivity index (χ1v) is 6.12. The molecule has 1 aliphatic heterocycles. The second-order valence-electron chi connectivity index (χ2n) is 3.68. The monoisotopic (exact) mass is 222 g/mol. The summed E-state index contributed by atoms with van der Waals surface area (Å²) in [6.07, 6.45) is 1.08. The van der Waals surface area contributed by atoms with Crippen LogP contribution in [0.25, 0.3) is 0 Å². The topological polar surface area (TPSA) is 26.3 Å². The van der Waals surface area contributed by atoms with Crippen molar-refractivity contribution < 1.29 is 9.53 Å². The van der Waals surface area contributed by atoms with Crippen LogP contribution >= 0.6 is 11.8 Å². The molecule has 2 atom stereocenters. The Labute approximate surface area is 94.0 Å². The highest BCUT2D eigenvalue weighted by molar-refractivity contribution is 8.00. The lowest BCUT2D eigenvalue weighted by molar-refractivity contribution is 0.0521. The van der Waals surface area contributed by atoms with Gasteiger partial charge in [0.1, 0.15) is 0 Å². The lowest BCUT2D eigenvalue weighted by atomic mass is 10.1. The first-order chi connectivity index (χ1) is 7.22. The molecule has 0 bridgehead atoms. The number of carbonyl (C=O) groups is 1. The van der Waals surface area contributed by atoms with Crippen LogP contribution in [-0.2, 0) is 4.74 Å². The van der Waals surface area contributed by atoms with E-state index in [9.17, 15) is 4.79 Å². The van der Waals surface area contributed by atoms with Gasteiger partial charge in [0.15, 0.2) is 5.44 Å². The normalized spacial score (nSPS) is 20.9. The minimum atomic E-state index is -0.189. The summed E-state index contributed by atoms with van der Waals surface area (Å²) in [5.74, 6) is -0.189. The van der Waals surface area contributed by atoms with E-state index in [1.807, 2.05) is 24.3 Å². The number of hydrogen-bond acceptors (Lipinski definition) is 3. The van der Waals surface area contributed by atoms with Crippen LogP contribution in [0, 0.1) is 0 Å². The number of rotatable bonds is 3. The van der Waals surface area contributed by atoms with Crippen molar-refractivity contribution >= 4 is 17.7 Å². The van der Waals surface area contributed by atoms with Gasteiger partial charge in [-0.2, -0.15) is 0 Å². The average Bonchev–Trinajstić information content (AvgIpc) is 2.57. The molecule has 1 aromatic carbocycles. The van der Waals surface area contributed by atoms with Crippen molar-refractivity contribution in [3.8, 4) is 0 Å². The summed E-state index contributed by atoms with van der Waals surface area (Å²) >= 11 is 1.71. The second-order valence-corrected chi connectivity index (χ2v) is 5.18. The zero-order chi connectivity index (χ0) is 10.8. The Morgan fingerprint density at radius 3 is 2.93 bits per heavy atom. The molecule has 3 heteroatoms. The fraction of sp³-hybridized carbons (Fsp3) is 0.417. The number of fused-ring (bicyclic) bond motifs is 1. The van der Waals surface area contributed by atoms with Crippen LogP contribution in [0.2, 0.25) is 0 Å². The maximum atomic E-state index is 11.5. The van der Waals surface area contributed by atoms with Gasteiger partial charge in [0.2, 0.25) is 0 Å². The molecule has 0 saturated heterocycles. The standard InChI is InChI=1S/C12H14O2S/c1-3-8(2)15-12-10-7-5-4-6-9(10)11(13)14-12/h4-8,12H,3H2,1-2H3. The molecule has 1 aliphatic rings. The third-order valence-electron chi connectivity index (χ3n) is 2.58. The number of thioether (sulfide) groups is 1. The maximum Gasteiger partial charge on any atom is 0.340 e. The van der Waals surface area contributed by atoms with Crippen LogP contribution in [0.5, 0.6) is 0 Å². The molecule has 0 fully saturated rings. The predicted octanol–water partition coefficient (Wildman–Crippen LogP) is 3.39. The highest BCUT2D eigenvalue weighted by Gasteiger charge is 2.31. The van der Waals surface area contributed by atoms with Crippen LogP contribution in [0.4, 0.5) is 0 Å². The number of carbonyl (C=O) groups excluding carboxylic acids is 1. The van der Waals surface area contributed by atoms with Gasteiger partial charge in [0, 0.05) is 10.8 Å². The summed E-state index contributed by atoms with van der Waals surface area (Å²) in [4.78, 5) is 11.5. The van der Waals surface area contributed by atoms with Gasteiger partial charge >= 0.3 is 5.97 Å². The molecule has 0 saturated carbocycles. The van der Waals surface area contributed by atoms with Gasteiger partial charge in [0.05, 0.1) is 5.56 Å². The van der Waals surface area contributed by atoms with Crippen LogP contribution < -0.4 is 0 Å². The van der Waals surface area contributed by atoms with E-state index in [0.717, 1.165) is 17.5 Å². The van der Waals surface area contributed by atoms with E-state index in [2.05, 4.69) is 13.8 Å². The fourth-order valence-electron chi connectivity index (χ4n) is 1.52. The minimum Gasteiger partial charge on any atom is -0.443 e. The van der Waals surface area contributed by atoms with E-state index in [-0.39, 0.29) is 11.4 Å². The Hall–Kier alpha value is -0.960. The van der Waals surface area contributed by atoms with Gasteiger partial charge in [-0.15, -0.1) is 11.8 Å². The molecule has 0 amide bonds. The van der Waals surface area contributed by atoms with Gasteiger partial charge in [-0.25, -0.2) is 4.79 Å². The SMILES string of the molecule is CCC(C)SC1OC(=O)c2ccccc21. The van der Waals surface area contributed by atoms with Crippen molar-refractivity contribution in [3.63, 3.8) is 0 Å². The first kappa shape index (κ1) is 10.6. The van der Waals surface area contributed by atoms with E-state index < -0.39 is 0 Å². The molecule has 0 aromatic heterocycles. The highest BCUT2D eigenvalue weighted by atomic mass is 32.2. The molecule has 15 heavy (non-hydrogen) atoms. The molecule has 80 valence electrons. The van der Waals surface area contributed by atoms with Crippen LogP contribution in [0.1, 0.15) is 41.6 Å². The van der Waals surface area contributed by atoms with E-state index in [1.54, 1.807) is 11.8 Å². The summed E-state index contributed by atoms with van der Waals surface area (Å²) in [6, 6.07) is 7.62. The van der Waals surface area contributed by atoms with Crippen molar-refractivity contribution in [3.05, 3.63) is 35.4 Å². The lowest BCUT2D eigenvalue weighted by Gasteiger charge is -2.14. The maximum absolute atomic E-state index is 11.5. The van der Waals surface area contributed by atoms with Gasteiger partial charge in [0.25, 0.3) is 0 Å². The van der Waals surface area contributed by atoms with Gasteiger partial charge in [-0.05, 0) is 12.5 Å². The van der Waals surface area contributed by atoms with Gasteiger partial charge in [-0.1, -0.05) is 32.0 Å². The fourth-order valence-corrected chi connectivity index (χ4v) is 2.63. The van der Waals surface area contributed by atoms with Crippen LogP contribution in [-0.4, -0.2) is 11.2 Å². The van der Waals surface area contributed by atoms with Crippen LogP contribution in [0.15, 0.2) is 24.3 Å². The quantitative estimate of drug-likeness (QED) is 0.733. The predicted molar refractivity (Wildman–Crippen MR) is 61.9 cm³/mol. The third kappa shape index (κ3) is 2.02. The molecule has 0 aliphatic carbocycles. The van der Waals surface area contributed by atoms with E-state index >= 15 is 0 Å². The second kappa shape index (κ2) is 4.27. The smallest absolute Gasteiger partial charge is 0.340 e. The number of esters is 1. The highest BCUT2D eigenvalue weighted by Crippen LogP contribution is 2.41. The largest absolute Gasteiger partial charge is 0.443 e. The summed E-state index contributed by atoms with van der Waals surface area (Å²) in [6.45, 7) is 4.29. The summed E-state index contributed by atoms with van der Waals surface area (Å²) in [5.41, 5.74) is 1.63. The van der Waals surface area contributed by atoms with E-state index in [1.165, 1.54) is 0 Å². The molecule has 1 aromatic rings. The Kier molecular flexibility index (Phi) is 3.00. The Balaban J connectivity index is 2.21. The molecular formula is C12H14O2S. The molecule has 0 N–H and O–H groups in total. The number of hydrogen-bond donors (Lipinski definition) is 0. The Bertz CT molecular complexity index is 376. The molecule has 1 heterocycles. The van der Waals surface area contributed by atoms with E-state index in [4.69, 9.17) is 4.74 Å². The summed E-state index contributed by atoms with van der Waals surface area (Å²) < 4.78 is 5.33. The molecule has 2 nitrogen and oxygen atoms in total. The minimum absolute atomic E-state index is 0.108. The molecule has 0 radical (unpaired) electrons. The van der Waals surface area contributed by atoms with Crippen molar-refractivity contribution in [2.75, 3.05) is 0 Å². The number of cyclic esters (lactones) is 1. The molecular weight excluding hydrogens is 208 g/mol. The molecule has 2 unspecified atom stereocenters. The average molecular weight is 222 g/mol. The van der Waals surface area contributed by atoms with Crippen molar-refractivity contribution in [1.82, 2.24) is 0 Å². The lowest BCUT2D eigenvalue weighted by Crippen LogP contribution is -2.01. The van der Waals surface area contributed by atoms with Crippen LogP contribution in [0.3, 0.4) is 0 Å². The number of ether oxygens (including phenoxy) is 1. The van der Waals surface area contributed by atoms with E-state index in [0.29, 0.717) is 5.25 Å². The van der Waals surface area contributed by atoms with Gasteiger partial charge < -0.3 is 4.74 Å². The third-order valence-corrected chi connectivity index (χ3v) is 3.97. The van der Waals surface area contributed by atoms with Crippen molar-refractivity contribution in [2.45, 2.75) is 31.0 Å². The zero-order valence-corrected chi connectivity index (χ0v) is 9.71. The molecule has 2 rings (SSSR count). The van der Waals surface area contributed by atoms with Crippen molar-refractivity contribution in [1.29, 1.82) is 0 Å². The summed E-state index contributed by atoms with van der Waals surface area (Å²) in [5, 5.41) is 0.508. The number of benzene rings is 1. The molecule has 0 spiro atoms. The zero-order valence-electron chi connectivity index (χ0n) is 8.90. The summed E-state index contributed by atoms with van der Waals surface area (Å²) in [7, 11) is 0. The Morgan fingerprint density at radius 2 is 2.20 bits per heavy atom. The van der Waals surface area contributed by atoms with Crippen molar-refractivity contribution in [2.24, 2.45) is 0 Å². The Morgan fingerprint density at radius 1 is 1.47 bits per heavy atom. The first-order valence-electron chi connectivity index (χ1n) is 5.17. The van der Waals surface area contributed by atoms with Gasteiger partial charge in [-0.3, -0.25) is 0 Å².